The molecule has 0 spiro atoms. The number of piperidine rings is 2. The lowest BCUT2D eigenvalue weighted by Crippen LogP contribution is -2.51. The summed E-state index contributed by atoms with van der Waals surface area (Å²) in [6.07, 6.45) is -0.316. The van der Waals surface area contributed by atoms with E-state index in [4.69, 9.17) is 0 Å². The molecule has 1 unspecified atom stereocenters. The minimum atomic E-state index is -4.57. The summed E-state index contributed by atoms with van der Waals surface area (Å²) in [6.45, 7) is 2.90. The van der Waals surface area contributed by atoms with E-state index < -0.39 is 42.6 Å². The van der Waals surface area contributed by atoms with Gasteiger partial charge in [-0.1, -0.05) is 12.6 Å². The van der Waals surface area contributed by atoms with E-state index in [9.17, 15) is 32.3 Å². The maximum atomic E-state index is 13.3. The highest BCUT2D eigenvalue weighted by Crippen LogP contribution is 2.33. The Bertz CT molecular complexity index is 1360. The first-order valence-electron chi connectivity index (χ1n) is 12.8. The van der Waals surface area contributed by atoms with E-state index >= 15 is 0 Å². The van der Waals surface area contributed by atoms with Crippen molar-refractivity contribution in [2.45, 2.75) is 50.5 Å². The van der Waals surface area contributed by atoms with E-state index in [1.807, 2.05) is 6.20 Å². The first kappa shape index (κ1) is 27.2. The molecule has 4 heterocycles. The van der Waals surface area contributed by atoms with Crippen molar-refractivity contribution in [1.82, 2.24) is 24.9 Å². The molecular weight excluding hydrogens is 533 g/mol. The number of hydrogen-bond acceptors (Lipinski definition) is 7. The first-order valence-corrected chi connectivity index (χ1v) is 12.8. The standard InChI is InChI=1S/C26H27F3N6O5/c1-15-5-6-20(22(36)32-15)35-23(37)18-3-2-4-19(21(18)24(35)38)30-11-16-12-31-34(13-16)17-7-9-33(10-8-17)25(39)40-14-26(27,28)29/h2-4,12-13,17,20,30H,1,5-11,14H2,(H,32,36). The third kappa shape index (κ3) is 5.51. The van der Waals surface area contributed by atoms with Gasteiger partial charge in [0.05, 0.1) is 23.4 Å². The number of allylic oxidation sites excluding steroid dienone is 1. The SMILES string of the molecule is C=C1CCC(N2C(=O)c3cccc(NCc4cnn(C5CCN(C(=O)OCC(F)(F)F)CC5)c4)c3C2=O)C(=O)N1. The molecule has 40 heavy (non-hydrogen) atoms. The molecule has 3 aliphatic heterocycles. The predicted octanol–water partition coefficient (Wildman–Crippen LogP) is 3.22. The number of nitrogens with one attached hydrogen (secondary N) is 2. The molecule has 0 radical (unpaired) electrons. The molecular formula is C26H27F3N6O5. The smallest absolute Gasteiger partial charge is 0.422 e. The number of carbonyl (C=O) groups is 4. The Hall–Kier alpha value is -4.36. The van der Waals surface area contributed by atoms with Crippen LogP contribution in [0.5, 0.6) is 0 Å². The van der Waals surface area contributed by atoms with E-state index in [-0.39, 0.29) is 30.3 Å². The Labute approximate surface area is 226 Å². The maximum Gasteiger partial charge on any atom is 0.422 e. The van der Waals surface area contributed by atoms with Crippen molar-refractivity contribution in [3.05, 3.63) is 59.6 Å². The molecule has 11 nitrogen and oxygen atoms in total. The van der Waals surface area contributed by atoms with Crippen LogP contribution in [0.25, 0.3) is 0 Å². The van der Waals surface area contributed by atoms with Crippen LogP contribution in [0.4, 0.5) is 23.7 Å². The summed E-state index contributed by atoms with van der Waals surface area (Å²) in [5, 5.41) is 10.2. The number of fused-ring (bicyclic) bond motifs is 1. The number of benzene rings is 1. The van der Waals surface area contributed by atoms with E-state index in [1.165, 1.54) is 4.90 Å². The number of rotatable bonds is 6. The third-order valence-electron chi connectivity index (χ3n) is 7.17. The van der Waals surface area contributed by atoms with Gasteiger partial charge in [-0.15, -0.1) is 0 Å². The molecule has 0 saturated carbocycles. The number of ether oxygens (including phenoxy) is 1. The summed E-state index contributed by atoms with van der Waals surface area (Å²) in [5.74, 6) is -1.48. The first-order chi connectivity index (χ1) is 19.0. The second-order valence-corrected chi connectivity index (χ2v) is 9.93. The Morgan fingerprint density at radius 3 is 2.60 bits per heavy atom. The van der Waals surface area contributed by atoms with E-state index in [2.05, 4.69) is 27.0 Å². The summed E-state index contributed by atoms with van der Waals surface area (Å²) in [7, 11) is 0. The van der Waals surface area contributed by atoms with Crippen molar-refractivity contribution in [3.8, 4) is 0 Å². The van der Waals surface area contributed by atoms with Gasteiger partial charge in [0.1, 0.15) is 6.04 Å². The van der Waals surface area contributed by atoms with Gasteiger partial charge < -0.3 is 20.3 Å². The number of aromatic nitrogens is 2. The molecule has 2 fully saturated rings. The van der Waals surface area contributed by atoms with Crippen LogP contribution in [0.3, 0.4) is 0 Å². The summed E-state index contributed by atoms with van der Waals surface area (Å²) in [6, 6.07) is 3.96. The van der Waals surface area contributed by atoms with Crippen LogP contribution >= 0.6 is 0 Å². The lowest BCUT2D eigenvalue weighted by Gasteiger charge is -2.31. The Morgan fingerprint density at radius 2 is 1.90 bits per heavy atom. The minimum Gasteiger partial charge on any atom is -0.440 e. The third-order valence-corrected chi connectivity index (χ3v) is 7.17. The van der Waals surface area contributed by atoms with Crippen LogP contribution in [0.1, 0.15) is 58.0 Å². The zero-order valence-corrected chi connectivity index (χ0v) is 21.4. The number of anilines is 1. The lowest BCUT2D eigenvalue weighted by atomic mass is 10.0. The average Bonchev–Trinajstić information content (AvgIpc) is 3.49. The summed E-state index contributed by atoms with van der Waals surface area (Å²) in [4.78, 5) is 53.0. The van der Waals surface area contributed by atoms with Crippen LogP contribution in [-0.4, -0.2) is 75.3 Å². The fourth-order valence-corrected chi connectivity index (χ4v) is 5.16. The largest absolute Gasteiger partial charge is 0.440 e. The normalized spacial score (nSPS) is 20.0. The van der Waals surface area contributed by atoms with Crippen LogP contribution in [0.2, 0.25) is 0 Å². The van der Waals surface area contributed by atoms with Crippen LogP contribution in [0.15, 0.2) is 42.9 Å². The molecule has 1 atom stereocenters. The highest BCUT2D eigenvalue weighted by atomic mass is 19.4. The van der Waals surface area contributed by atoms with Gasteiger partial charge in [0.15, 0.2) is 6.61 Å². The molecule has 1 aromatic heterocycles. The number of imide groups is 1. The molecule has 2 saturated heterocycles. The predicted molar refractivity (Wildman–Crippen MR) is 134 cm³/mol. The topological polar surface area (TPSA) is 126 Å². The lowest BCUT2D eigenvalue weighted by molar-refractivity contribution is -0.162. The van der Waals surface area contributed by atoms with Gasteiger partial charge in [-0.2, -0.15) is 18.3 Å². The van der Waals surface area contributed by atoms with Crippen molar-refractivity contribution in [1.29, 1.82) is 0 Å². The quantitative estimate of drug-likeness (QED) is 0.520. The molecule has 5 rings (SSSR count). The van der Waals surface area contributed by atoms with E-state index in [1.54, 1.807) is 29.1 Å². The summed E-state index contributed by atoms with van der Waals surface area (Å²) in [5.41, 5.74) is 2.24. The van der Waals surface area contributed by atoms with Crippen molar-refractivity contribution >= 4 is 29.5 Å². The zero-order valence-electron chi connectivity index (χ0n) is 21.4. The van der Waals surface area contributed by atoms with Gasteiger partial charge in [0, 0.05) is 42.8 Å². The van der Waals surface area contributed by atoms with Crippen molar-refractivity contribution < 1.29 is 37.1 Å². The van der Waals surface area contributed by atoms with Crippen LogP contribution in [-0.2, 0) is 16.1 Å². The number of likely N-dealkylation sites (tertiary alicyclic amines) is 1. The van der Waals surface area contributed by atoms with Gasteiger partial charge >= 0.3 is 12.3 Å². The molecule has 14 heteroatoms. The molecule has 4 amide bonds. The average molecular weight is 561 g/mol. The number of amides is 4. The second kappa shape index (κ2) is 10.7. The Kier molecular flexibility index (Phi) is 7.25. The highest BCUT2D eigenvalue weighted by Gasteiger charge is 2.45. The zero-order chi connectivity index (χ0) is 28.6. The van der Waals surface area contributed by atoms with Crippen LogP contribution < -0.4 is 10.6 Å². The molecule has 2 N–H and O–H groups in total. The minimum absolute atomic E-state index is 0.0492. The van der Waals surface area contributed by atoms with Gasteiger partial charge in [-0.25, -0.2) is 4.79 Å². The van der Waals surface area contributed by atoms with E-state index in [0.717, 1.165) is 10.5 Å². The highest BCUT2D eigenvalue weighted by molar-refractivity contribution is 6.25. The van der Waals surface area contributed by atoms with Crippen molar-refractivity contribution in [2.24, 2.45) is 0 Å². The molecule has 1 aromatic carbocycles. The van der Waals surface area contributed by atoms with Gasteiger partial charge in [0.25, 0.3) is 11.8 Å². The van der Waals surface area contributed by atoms with E-state index in [0.29, 0.717) is 43.6 Å². The molecule has 2 aromatic rings. The Morgan fingerprint density at radius 1 is 1.15 bits per heavy atom. The fourth-order valence-electron chi connectivity index (χ4n) is 5.16. The molecule has 0 aliphatic carbocycles. The van der Waals surface area contributed by atoms with Gasteiger partial charge in [-0.05, 0) is 37.8 Å². The molecule has 212 valence electrons. The molecule has 0 bridgehead atoms. The van der Waals surface area contributed by atoms with Crippen molar-refractivity contribution in [3.63, 3.8) is 0 Å². The monoisotopic (exact) mass is 560 g/mol. The summed E-state index contributed by atoms with van der Waals surface area (Å²) >= 11 is 0. The fraction of sp³-hybridized carbons (Fsp3) is 0.423. The maximum absolute atomic E-state index is 13.3. The number of nitrogens with zero attached hydrogens (tertiary/aromatic N) is 4. The Balaban J connectivity index is 1.19. The number of alkyl halides is 3. The van der Waals surface area contributed by atoms with Crippen LogP contribution in [0, 0.1) is 0 Å². The van der Waals surface area contributed by atoms with Crippen molar-refractivity contribution in [2.75, 3.05) is 25.0 Å². The molecule has 3 aliphatic rings. The number of carbonyl (C=O) groups excluding carboxylic acids is 4. The number of hydrogen-bond donors (Lipinski definition) is 2. The van der Waals surface area contributed by atoms with Gasteiger partial charge in [-0.3, -0.25) is 24.0 Å². The van der Waals surface area contributed by atoms with Gasteiger partial charge in [0.2, 0.25) is 5.91 Å². The second-order valence-electron chi connectivity index (χ2n) is 9.93. The summed E-state index contributed by atoms with van der Waals surface area (Å²) < 4.78 is 43.0. The number of halogens is 3.